The molecule has 0 fully saturated rings. The maximum Gasteiger partial charge on any atom is 0.294 e. The largest absolute Gasteiger partial charge is 0.366 e. The molecule has 0 radical (unpaired) electrons. The topological polar surface area (TPSA) is 109 Å². The Morgan fingerprint density at radius 2 is 2.21 bits per heavy atom. The van der Waals surface area contributed by atoms with Crippen molar-refractivity contribution in [2.45, 2.75) is 5.00 Å². The molecule has 1 heterocycles. The number of amides is 1. The Hall–Kier alpha value is -1.05. The Morgan fingerprint density at radius 1 is 1.64 bits per heavy atom. The van der Waals surface area contributed by atoms with Crippen LogP contribution in [-0.2, 0) is 14.9 Å². The fourth-order valence-corrected chi connectivity index (χ4v) is 2.12. The van der Waals surface area contributed by atoms with Gasteiger partial charge in [-0.15, -0.1) is 0 Å². The Kier molecular flexibility index (Phi) is 2.57. The molecule has 1 aliphatic heterocycles. The summed E-state index contributed by atoms with van der Waals surface area (Å²) in [6.07, 6.45) is 3.50. The molecule has 0 aromatic heterocycles. The van der Waals surface area contributed by atoms with Crippen LogP contribution in [0.3, 0.4) is 0 Å². The lowest BCUT2D eigenvalue weighted by atomic mass is 10.2. The number of dihydropyridines is 1. The summed E-state index contributed by atoms with van der Waals surface area (Å²) in [5, 5.41) is 2.25. The summed E-state index contributed by atoms with van der Waals surface area (Å²) in [4.78, 5) is 8.10. The molecular weight excluding hydrogens is 232 g/mol. The fourth-order valence-electron chi connectivity index (χ4n) is 0.941. The van der Waals surface area contributed by atoms with E-state index in [1.807, 2.05) is 0 Å². The van der Waals surface area contributed by atoms with Crippen molar-refractivity contribution in [1.82, 2.24) is 5.32 Å². The Balaban J connectivity index is 3.32. The highest BCUT2D eigenvalue weighted by molar-refractivity contribution is 7.90. The molecule has 0 saturated carbocycles. The minimum atomic E-state index is -4.56. The van der Waals surface area contributed by atoms with Gasteiger partial charge in [-0.2, -0.15) is 8.42 Å². The van der Waals surface area contributed by atoms with E-state index in [-0.39, 0.29) is 0 Å². The van der Waals surface area contributed by atoms with E-state index in [0.29, 0.717) is 0 Å². The second-order valence-electron chi connectivity index (χ2n) is 2.53. The van der Waals surface area contributed by atoms with Gasteiger partial charge in [-0.05, 0) is 18.4 Å². The molecule has 8 heteroatoms. The fraction of sp³-hybridized carbons (Fsp3) is 0.167. The highest BCUT2D eigenvalue weighted by Gasteiger charge is 2.44. The van der Waals surface area contributed by atoms with Crippen LogP contribution in [0.5, 0.6) is 0 Å². The predicted molar refractivity (Wildman–Crippen MR) is 49.7 cm³/mol. The van der Waals surface area contributed by atoms with Crippen molar-refractivity contribution in [2.24, 2.45) is 5.73 Å². The lowest BCUT2D eigenvalue weighted by Crippen LogP contribution is -2.52. The lowest BCUT2D eigenvalue weighted by Gasteiger charge is -2.26. The van der Waals surface area contributed by atoms with Crippen LogP contribution in [0.25, 0.3) is 0 Å². The second-order valence-corrected chi connectivity index (χ2v) is 4.49. The first-order valence-corrected chi connectivity index (χ1v) is 5.21. The van der Waals surface area contributed by atoms with Crippen LogP contribution in [0.1, 0.15) is 0 Å². The first kappa shape index (κ1) is 11.0. The highest BCUT2D eigenvalue weighted by Crippen LogP contribution is 2.28. The lowest BCUT2D eigenvalue weighted by molar-refractivity contribution is -0.120. The minimum absolute atomic E-state index is 0.693. The summed E-state index contributed by atoms with van der Waals surface area (Å²) in [5.41, 5.74) is 4.90. The van der Waals surface area contributed by atoms with Crippen LogP contribution < -0.4 is 11.1 Å². The van der Waals surface area contributed by atoms with Crippen molar-refractivity contribution in [2.75, 3.05) is 0 Å². The quantitative estimate of drug-likeness (QED) is 0.335. The Morgan fingerprint density at radius 3 is 2.57 bits per heavy atom. The number of primary amides is 1. The van der Waals surface area contributed by atoms with Crippen LogP contribution >= 0.6 is 11.6 Å². The predicted octanol–water partition coefficient (Wildman–Crippen LogP) is -0.705. The Labute approximate surface area is 85.2 Å². The van der Waals surface area contributed by atoms with Gasteiger partial charge in [-0.1, -0.05) is 11.6 Å². The van der Waals surface area contributed by atoms with Gasteiger partial charge in [-0.3, -0.25) is 9.35 Å². The van der Waals surface area contributed by atoms with Crippen molar-refractivity contribution >= 4 is 27.6 Å². The summed E-state index contributed by atoms with van der Waals surface area (Å²) in [5.74, 6) is -1.12. The molecule has 0 saturated heterocycles. The molecule has 1 rings (SSSR count). The summed E-state index contributed by atoms with van der Waals surface area (Å²) >= 11 is 5.62. The van der Waals surface area contributed by atoms with E-state index in [0.717, 1.165) is 6.08 Å². The van der Waals surface area contributed by atoms with Gasteiger partial charge in [0.1, 0.15) is 4.91 Å². The van der Waals surface area contributed by atoms with Crippen molar-refractivity contribution in [1.29, 1.82) is 0 Å². The zero-order valence-electron chi connectivity index (χ0n) is 6.77. The number of nitrogens with one attached hydrogen (secondary N) is 1. The molecule has 1 amide bonds. The first-order chi connectivity index (χ1) is 6.28. The molecule has 0 aliphatic carbocycles. The number of allylic oxidation sites excluding steroid dienone is 2. The summed E-state index contributed by atoms with van der Waals surface area (Å²) in [6, 6.07) is 0. The van der Waals surface area contributed by atoms with Gasteiger partial charge in [0, 0.05) is 0 Å². The third kappa shape index (κ3) is 1.74. The SMILES string of the molecule is NC(=O)[C@@]1(Cl)NC=CC=C1S(=O)(=O)O. The monoisotopic (exact) mass is 238 g/mol. The van der Waals surface area contributed by atoms with E-state index >= 15 is 0 Å². The zero-order valence-corrected chi connectivity index (χ0v) is 8.34. The molecule has 6 nitrogen and oxygen atoms in total. The summed E-state index contributed by atoms with van der Waals surface area (Å²) in [6.45, 7) is 0. The maximum absolute atomic E-state index is 10.9. The van der Waals surface area contributed by atoms with Gasteiger partial charge in [0.05, 0.1) is 0 Å². The number of carbonyl (C=O) groups excluding carboxylic acids is 1. The van der Waals surface area contributed by atoms with Crippen LogP contribution in [0.15, 0.2) is 23.3 Å². The van der Waals surface area contributed by atoms with E-state index in [4.69, 9.17) is 21.9 Å². The molecule has 78 valence electrons. The van der Waals surface area contributed by atoms with E-state index in [2.05, 4.69) is 5.32 Å². The number of alkyl halides is 1. The average Bonchev–Trinajstić information content (AvgIpc) is 2.02. The third-order valence-corrected chi connectivity index (χ3v) is 3.19. The Bertz CT molecular complexity index is 427. The van der Waals surface area contributed by atoms with Crippen molar-refractivity contribution in [3.05, 3.63) is 23.3 Å². The molecule has 0 unspecified atom stereocenters. The van der Waals surface area contributed by atoms with Gasteiger partial charge >= 0.3 is 0 Å². The van der Waals surface area contributed by atoms with Gasteiger partial charge < -0.3 is 11.1 Å². The van der Waals surface area contributed by atoms with Crippen LogP contribution in [0.2, 0.25) is 0 Å². The number of hydrogen-bond acceptors (Lipinski definition) is 4. The smallest absolute Gasteiger partial charge is 0.294 e. The minimum Gasteiger partial charge on any atom is -0.366 e. The zero-order chi connectivity index (χ0) is 11.0. The van der Waals surface area contributed by atoms with Gasteiger partial charge in [0.2, 0.25) is 5.00 Å². The third-order valence-electron chi connectivity index (χ3n) is 1.58. The molecule has 14 heavy (non-hydrogen) atoms. The molecule has 4 N–H and O–H groups in total. The van der Waals surface area contributed by atoms with E-state index in [1.165, 1.54) is 12.3 Å². The molecule has 0 bridgehead atoms. The molecule has 0 spiro atoms. The van der Waals surface area contributed by atoms with Crippen molar-refractivity contribution in [3.63, 3.8) is 0 Å². The number of nitrogens with two attached hydrogens (primary N) is 1. The number of halogens is 1. The second kappa shape index (κ2) is 3.26. The normalized spacial score (nSPS) is 26.6. The highest BCUT2D eigenvalue weighted by atomic mass is 35.5. The van der Waals surface area contributed by atoms with Crippen LogP contribution in [0, 0.1) is 0 Å². The standard InChI is InChI=1S/C6H7ClN2O4S/c7-6(5(8)10)4(14(11,12)13)2-1-3-9-6/h1-3,9H,(H2,8,10)(H,11,12,13)/t6-/m0/s1. The molecule has 1 aliphatic rings. The van der Waals surface area contributed by atoms with E-state index in [1.54, 1.807) is 0 Å². The summed E-state index contributed by atoms with van der Waals surface area (Å²) < 4.78 is 30.4. The van der Waals surface area contributed by atoms with Gasteiger partial charge in [0.25, 0.3) is 16.0 Å². The van der Waals surface area contributed by atoms with Gasteiger partial charge in [0.15, 0.2) is 0 Å². The van der Waals surface area contributed by atoms with Crippen molar-refractivity contribution in [3.8, 4) is 0 Å². The molecule has 0 aromatic carbocycles. The average molecular weight is 239 g/mol. The van der Waals surface area contributed by atoms with Crippen LogP contribution in [0.4, 0.5) is 0 Å². The van der Waals surface area contributed by atoms with Crippen LogP contribution in [-0.4, -0.2) is 23.9 Å². The van der Waals surface area contributed by atoms with Gasteiger partial charge in [-0.25, -0.2) is 0 Å². The van der Waals surface area contributed by atoms with Crippen molar-refractivity contribution < 1.29 is 17.8 Å². The summed E-state index contributed by atoms with van der Waals surface area (Å²) in [7, 11) is -4.56. The van der Waals surface area contributed by atoms with E-state index < -0.39 is 25.9 Å². The number of rotatable bonds is 2. The van der Waals surface area contributed by atoms with E-state index in [9.17, 15) is 13.2 Å². The first-order valence-electron chi connectivity index (χ1n) is 3.40. The molecule has 1 atom stereocenters. The molecule has 0 aromatic rings. The molecular formula is C6H7ClN2O4S. The number of hydrogen-bond donors (Lipinski definition) is 3. The maximum atomic E-state index is 10.9. The number of carbonyl (C=O) groups is 1.